The predicted molar refractivity (Wildman–Crippen MR) is 74.6 cm³/mol. The molecule has 0 spiro atoms. The lowest BCUT2D eigenvalue weighted by Gasteiger charge is -2.51. The van der Waals surface area contributed by atoms with E-state index in [-0.39, 0.29) is 5.41 Å². The number of rotatable bonds is 4. The fraction of sp³-hybridized carbons (Fsp3) is 0.643. The number of aryl methyl sites for hydroxylation is 1. The molecule has 1 aromatic rings. The van der Waals surface area contributed by atoms with Crippen molar-refractivity contribution in [2.24, 2.45) is 5.41 Å². The molecule has 2 atom stereocenters. The number of nitrogens with one attached hydrogen (secondary N) is 1. The van der Waals surface area contributed by atoms with Gasteiger partial charge in [0.15, 0.2) is 0 Å². The van der Waals surface area contributed by atoms with Crippen molar-refractivity contribution in [3.8, 4) is 0 Å². The van der Waals surface area contributed by atoms with Crippen LogP contribution in [0.1, 0.15) is 32.8 Å². The van der Waals surface area contributed by atoms with E-state index in [1.807, 2.05) is 19.9 Å². The van der Waals surface area contributed by atoms with Crippen LogP contribution in [0.15, 0.2) is 12.3 Å². The second-order valence-electron chi connectivity index (χ2n) is 5.59. The zero-order chi connectivity index (χ0) is 13.3. The van der Waals surface area contributed by atoms with Crippen LogP contribution in [0.25, 0.3) is 0 Å². The molecule has 4 heteroatoms. The summed E-state index contributed by atoms with van der Waals surface area (Å²) in [6.45, 7) is 9.25. The van der Waals surface area contributed by atoms with Crippen molar-refractivity contribution < 1.29 is 4.74 Å². The largest absolute Gasteiger partial charge is 0.396 e. The molecule has 1 aliphatic rings. The maximum absolute atomic E-state index is 6.04. The molecule has 0 saturated heterocycles. The number of nitrogen functional groups attached to an aromatic ring is 1. The molecule has 2 unspecified atom stereocenters. The van der Waals surface area contributed by atoms with E-state index in [1.165, 1.54) is 0 Å². The number of aromatic nitrogens is 1. The van der Waals surface area contributed by atoms with Crippen molar-refractivity contribution in [2.75, 3.05) is 17.7 Å². The van der Waals surface area contributed by atoms with Crippen molar-refractivity contribution >= 4 is 11.5 Å². The molecule has 0 aliphatic heterocycles. The molecular weight excluding hydrogens is 226 g/mol. The third kappa shape index (κ3) is 2.17. The van der Waals surface area contributed by atoms with Gasteiger partial charge in [-0.2, -0.15) is 0 Å². The Morgan fingerprint density at radius 3 is 2.89 bits per heavy atom. The first-order chi connectivity index (χ1) is 8.46. The predicted octanol–water partition coefficient (Wildman–Crippen LogP) is 2.59. The van der Waals surface area contributed by atoms with Crippen molar-refractivity contribution in [3.63, 3.8) is 0 Å². The van der Waals surface area contributed by atoms with Gasteiger partial charge in [-0.1, -0.05) is 13.8 Å². The fourth-order valence-corrected chi connectivity index (χ4v) is 2.46. The number of pyridine rings is 1. The smallest absolute Gasteiger partial charge is 0.149 e. The molecule has 1 fully saturated rings. The highest BCUT2D eigenvalue weighted by atomic mass is 16.5. The second kappa shape index (κ2) is 4.76. The van der Waals surface area contributed by atoms with Crippen LogP contribution in [0.2, 0.25) is 0 Å². The minimum Gasteiger partial charge on any atom is -0.396 e. The summed E-state index contributed by atoms with van der Waals surface area (Å²) in [6.07, 6.45) is 3.13. The van der Waals surface area contributed by atoms with E-state index in [1.54, 1.807) is 6.20 Å². The Hall–Kier alpha value is -1.29. The summed E-state index contributed by atoms with van der Waals surface area (Å²) in [4.78, 5) is 4.32. The average Bonchev–Trinajstić information content (AvgIpc) is 2.33. The monoisotopic (exact) mass is 249 g/mol. The standard InChI is InChI=1S/C14H23N3O/c1-5-18-11-8-10(14(11,3)4)17-13-12(15)9(2)6-7-16-13/h6-7,10-11H,5,8,15H2,1-4H3,(H,16,17). The van der Waals surface area contributed by atoms with Gasteiger partial charge in [0.05, 0.1) is 11.8 Å². The first-order valence-corrected chi connectivity index (χ1v) is 6.56. The lowest BCUT2D eigenvalue weighted by molar-refractivity contribution is -0.0976. The summed E-state index contributed by atoms with van der Waals surface area (Å²) >= 11 is 0. The second-order valence-corrected chi connectivity index (χ2v) is 5.59. The number of nitrogens with zero attached hydrogens (tertiary/aromatic N) is 1. The van der Waals surface area contributed by atoms with Gasteiger partial charge in [-0.3, -0.25) is 0 Å². The lowest BCUT2D eigenvalue weighted by Crippen LogP contribution is -2.58. The van der Waals surface area contributed by atoms with Crippen LogP contribution in [-0.2, 0) is 4.74 Å². The number of hydrogen-bond donors (Lipinski definition) is 2. The maximum atomic E-state index is 6.04. The van der Waals surface area contributed by atoms with E-state index in [9.17, 15) is 0 Å². The third-order valence-electron chi connectivity index (χ3n) is 4.06. The summed E-state index contributed by atoms with van der Waals surface area (Å²) < 4.78 is 5.72. The van der Waals surface area contributed by atoms with Crippen molar-refractivity contribution in [3.05, 3.63) is 17.8 Å². The van der Waals surface area contributed by atoms with Gasteiger partial charge in [0.1, 0.15) is 5.82 Å². The molecular formula is C14H23N3O. The molecule has 0 amide bonds. The van der Waals surface area contributed by atoms with Gasteiger partial charge in [-0.25, -0.2) is 4.98 Å². The summed E-state index contributed by atoms with van der Waals surface area (Å²) in [6, 6.07) is 2.29. The summed E-state index contributed by atoms with van der Waals surface area (Å²) in [5.74, 6) is 0.794. The Morgan fingerprint density at radius 1 is 1.56 bits per heavy atom. The van der Waals surface area contributed by atoms with Gasteiger partial charge < -0.3 is 15.8 Å². The maximum Gasteiger partial charge on any atom is 0.149 e. The Kier molecular flexibility index (Phi) is 3.48. The number of ether oxygens (including phenoxy) is 1. The van der Waals surface area contributed by atoms with Crippen LogP contribution in [-0.4, -0.2) is 23.7 Å². The van der Waals surface area contributed by atoms with Crippen LogP contribution in [0, 0.1) is 12.3 Å². The third-order valence-corrected chi connectivity index (χ3v) is 4.06. The van der Waals surface area contributed by atoms with Crippen molar-refractivity contribution in [2.45, 2.75) is 46.3 Å². The van der Waals surface area contributed by atoms with E-state index in [0.717, 1.165) is 30.1 Å². The van der Waals surface area contributed by atoms with Crippen LogP contribution < -0.4 is 11.1 Å². The molecule has 1 heterocycles. The van der Waals surface area contributed by atoms with Gasteiger partial charge in [0, 0.05) is 24.3 Å². The molecule has 0 radical (unpaired) electrons. The summed E-state index contributed by atoms with van der Waals surface area (Å²) in [5.41, 5.74) is 7.96. The molecule has 0 bridgehead atoms. The minimum atomic E-state index is 0.119. The lowest BCUT2D eigenvalue weighted by atomic mass is 9.64. The van der Waals surface area contributed by atoms with Crippen LogP contribution >= 0.6 is 0 Å². The fourth-order valence-electron chi connectivity index (χ4n) is 2.46. The number of nitrogens with two attached hydrogens (primary N) is 1. The van der Waals surface area contributed by atoms with Crippen LogP contribution in [0.5, 0.6) is 0 Å². The number of hydrogen-bond acceptors (Lipinski definition) is 4. The SMILES string of the molecule is CCOC1CC(Nc2nccc(C)c2N)C1(C)C. The first kappa shape index (κ1) is 13.1. The van der Waals surface area contributed by atoms with Gasteiger partial charge >= 0.3 is 0 Å². The van der Waals surface area contributed by atoms with Gasteiger partial charge in [0.25, 0.3) is 0 Å². The molecule has 100 valence electrons. The van der Waals surface area contributed by atoms with Gasteiger partial charge in [-0.05, 0) is 31.9 Å². The number of anilines is 2. The Morgan fingerprint density at radius 2 is 2.28 bits per heavy atom. The Balaban J connectivity index is 2.06. The molecule has 3 N–H and O–H groups in total. The van der Waals surface area contributed by atoms with E-state index < -0.39 is 0 Å². The molecule has 1 aromatic heterocycles. The van der Waals surface area contributed by atoms with Crippen LogP contribution in [0.4, 0.5) is 11.5 Å². The molecule has 2 rings (SSSR count). The summed E-state index contributed by atoms with van der Waals surface area (Å²) in [5, 5.41) is 3.45. The highest BCUT2D eigenvalue weighted by Crippen LogP contribution is 2.44. The zero-order valence-corrected chi connectivity index (χ0v) is 11.7. The molecule has 1 aliphatic carbocycles. The summed E-state index contributed by atoms with van der Waals surface area (Å²) in [7, 11) is 0. The Labute approximate surface area is 109 Å². The Bertz CT molecular complexity index is 431. The molecule has 0 aromatic carbocycles. The topological polar surface area (TPSA) is 60.2 Å². The quantitative estimate of drug-likeness (QED) is 0.861. The normalized spacial score (nSPS) is 25.6. The minimum absolute atomic E-state index is 0.119. The molecule has 4 nitrogen and oxygen atoms in total. The molecule has 1 saturated carbocycles. The molecule has 18 heavy (non-hydrogen) atoms. The average molecular weight is 249 g/mol. The van der Waals surface area contributed by atoms with E-state index in [2.05, 4.69) is 24.1 Å². The van der Waals surface area contributed by atoms with Gasteiger partial charge in [-0.15, -0.1) is 0 Å². The zero-order valence-electron chi connectivity index (χ0n) is 11.7. The van der Waals surface area contributed by atoms with Crippen LogP contribution in [0.3, 0.4) is 0 Å². The van der Waals surface area contributed by atoms with E-state index >= 15 is 0 Å². The van der Waals surface area contributed by atoms with Crippen molar-refractivity contribution in [1.29, 1.82) is 0 Å². The van der Waals surface area contributed by atoms with E-state index in [4.69, 9.17) is 10.5 Å². The van der Waals surface area contributed by atoms with Crippen molar-refractivity contribution in [1.82, 2.24) is 4.98 Å². The van der Waals surface area contributed by atoms with E-state index in [0.29, 0.717) is 12.1 Å². The first-order valence-electron chi connectivity index (χ1n) is 6.56. The highest BCUT2D eigenvalue weighted by Gasteiger charge is 2.49. The van der Waals surface area contributed by atoms with Gasteiger partial charge in [0.2, 0.25) is 0 Å². The highest BCUT2D eigenvalue weighted by molar-refractivity contribution is 5.65.